The second-order valence-electron chi connectivity index (χ2n) is 1.75. The minimum absolute atomic E-state index is 0.145. The minimum atomic E-state index is -0.145. The molecule has 0 bridgehead atoms. The van der Waals surface area contributed by atoms with Crippen LogP contribution in [0.1, 0.15) is 0 Å². The first kappa shape index (κ1) is 7.60. The van der Waals surface area contributed by atoms with E-state index < -0.39 is 0 Å². The number of carbonyl (C=O) groups is 1. The number of hydrogen-bond acceptors (Lipinski definition) is 1. The van der Waals surface area contributed by atoms with E-state index in [2.05, 4.69) is 0 Å². The Morgan fingerprint density at radius 2 is 2.56 bits per heavy atom. The van der Waals surface area contributed by atoms with Gasteiger partial charge in [0.2, 0.25) is 0 Å². The van der Waals surface area contributed by atoms with Crippen LogP contribution in [0.2, 0.25) is 0 Å². The third-order valence-corrected chi connectivity index (χ3v) is 3.69. The molecule has 1 heterocycles. The summed E-state index contributed by atoms with van der Waals surface area (Å²) in [6.45, 7) is 1.71. The van der Waals surface area contributed by atoms with E-state index in [0.29, 0.717) is 9.79 Å². The van der Waals surface area contributed by atoms with Crippen LogP contribution in [0.15, 0.2) is 0 Å². The summed E-state index contributed by atoms with van der Waals surface area (Å²) in [5.41, 5.74) is 0. The molecule has 2 nitrogen and oxygen atoms in total. The fourth-order valence-corrected chi connectivity index (χ4v) is 3.15. The number of alkyl halides is 2. The van der Waals surface area contributed by atoms with Crippen LogP contribution in [0.25, 0.3) is 0 Å². The topological polar surface area (TPSA) is 20.3 Å². The Kier molecular flexibility index (Phi) is 3.04. The quantitative estimate of drug-likeness (QED) is 0.238. The first-order chi connectivity index (χ1) is 4.34. The Labute approximate surface area is 69.8 Å². The number of halogens is 2. The van der Waals surface area contributed by atoms with Crippen LogP contribution >= 0.6 is 11.6 Å². The molecule has 0 aromatic carbocycles. The van der Waals surface area contributed by atoms with Crippen molar-refractivity contribution in [1.29, 1.82) is 0 Å². The molecule has 1 fully saturated rings. The average molecular weight is 260 g/mol. The molecule has 0 aromatic rings. The third-order valence-electron chi connectivity index (χ3n) is 1.17. The molecular formula is C5H8ClINO-. The van der Waals surface area contributed by atoms with Crippen molar-refractivity contribution in [1.82, 2.24) is 4.90 Å². The summed E-state index contributed by atoms with van der Waals surface area (Å²) in [6, 6.07) is 0. The van der Waals surface area contributed by atoms with E-state index in [9.17, 15) is 4.79 Å². The number of carbonyl (C=O) groups excluding carboxylic acids is 1. The SMILES string of the molecule is O=C1[I-]CCN1CCCl. The molecule has 0 unspecified atom stereocenters. The Hall–Kier alpha value is 0.490. The standard InChI is InChI=1S/C5H8ClINO/c6-1-3-8-4-2-7-5(8)9/h1-4H2/q-1. The van der Waals surface area contributed by atoms with E-state index >= 15 is 0 Å². The van der Waals surface area contributed by atoms with E-state index in [1.165, 1.54) is 0 Å². The van der Waals surface area contributed by atoms with Crippen molar-refractivity contribution in [3.63, 3.8) is 0 Å². The van der Waals surface area contributed by atoms with Gasteiger partial charge in [-0.2, -0.15) is 0 Å². The molecule has 1 aliphatic rings. The normalized spacial score (nSPS) is 20.1. The first-order valence-electron chi connectivity index (χ1n) is 2.78. The van der Waals surface area contributed by atoms with Gasteiger partial charge in [-0.05, 0) is 0 Å². The van der Waals surface area contributed by atoms with Crippen molar-refractivity contribution in [2.24, 2.45) is 0 Å². The summed E-state index contributed by atoms with van der Waals surface area (Å²) in [7, 11) is 0. The van der Waals surface area contributed by atoms with E-state index in [1.807, 2.05) is 4.90 Å². The van der Waals surface area contributed by atoms with Crippen LogP contribution in [-0.2, 0) is 0 Å². The van der Waals surface area contributed by atoms with Crippen molar-refractivity contribution in [2.45, 2.75) is 0 Å². The van der Waals surface area contributed by atoms with Crippen LogP contribution in [0, 0.1) is 0 Å². The molecule has 1 amide bonds. The van der Waals surface area contributed by atoms with Crippen molar-refractivity contribution < 1.29 is 26.0 Å². The van der Waals surface area contributed by atoms with Gasteiger partial charge in [0.05, 0.1) is 0 Å². The molecule has 1 saturated heterocycles. The summed E-state index contributed by atoms with van der Waals surface area (Å²) in [6.07, 6.45) is 0. The molecule has 0 aliphatic carbocycles. The molecule has 0 atom stereocenters. The van der Waals surface area contributed by atoms with Crippen molar-refractivity contribution in [2.75, 3.05) is 23.4 Å². The monoisotopic (exact) mass is 260 g/mol. The maximum atomic E-state index is 10.9. The van der Waals surface area contributed by atoms with Gasteiger partial charge >= 0.3 is 69.8 Å². The number of hydrogen-bond donors (Lipinski definition) is 0. The summed E-state index contributed by atoms with van der Waals surface area (Å²) in [5.74, 6) is 0.579. The van der Waals surface area contributed by atoms with Gasteiger partial charge in [0.15, 0.2) is 0 Å². The van der Waals surface area contributed by atoms with Gasteiger partial charge in [-0.1, -0.05) is 0 Å². The molecule has 0 spiro atoms. The Balaban J connectivity index is 2.31. The van der Waals surface area contributed by atoms with Gasteiger partial charge in [-0.25, -0.2) is 0 Å². The molecule has 54 valence electrons. The van der Waals surface area contributed by atoms with Crippen molar-refractivity contribution >= 4 is 15.5 Å². The molecule has 1 aliphatic heterocycles. The fraction of sp³-hybridized carbons (Fsp3) is 0.800. The van der Waals surface area contributed by atoms with Crippen LogP contribution in [0.3, 0.4) is 0 Å². The van der Waals surface area contributed by atoms with Crippen LogP contribution in [-0.4, -0.2) is 32.2 Å². The van der Waals surface area contributed by atoms with E-state index in [0.717, 1.165) is 17.5 Å². The molecular weight excluding hydrogens is 252 g/mol. The number of rotatable bonds is 2. The molecule has 0 saturated carbocycles. The molecule has 0 aromatic heterocycles. The average Bonchev–Trinajstić information content (AvgIpc) is 2.18. The van der Waals surface area contributed by atoms with Gasteiger partial charge in [0, 0.05) is 0 Å². The zero-order valence-electron chi connectivity index (χ0n) is 4.94. The Morgan fingerprint density at radius 1 is 1.78 bits per heavy atom. The maximum absolute atomic E-state index is 10.9. The predicted molar refractivity (Wildman–Crippen MR) is 32.6 cm³/mol. The zero-order valence-corrected chi connectivity index (χ0v) is 7.85. The van der Waals surface area contributed by atoms with Gasteiger partial charge in [0.1, 0.15) is 0 Å². The summed E-state index contributed by atoms with van der Waals surface area (Å²) in [4.78, 5) is 12.7. The molecule has 0 N–H and O–H groups in total. The van der Waals surface area contributed by atoms with Gasteiger partial charge in [-0.3, -0.25) is 0 Å². The Morgan fingerprint density at radius 3 is 3.00 bits per heavy atom. The number of nitrogens with zero attached hydrogens (tertiary/aromatic N) is 1. The fourth-order valence-electron chi connectivity index (χ4n) is 0.699. The van der Waals surface area contributed by atoms with E-state index in [1.54, 1.807) is 0 Å². The number of amides is 1. The van der Waals surface area contributed by atoms with Gasteiger partial charge in [0.25, 0.3) is 0 Å². The first-order valence-corrected chi connectivity index (χ1v) is 5.92. The molecule has 9 heavy (non-hydrogen) atoms. The van der Waals surface area contributed by atoms with E-state index in [-0.39, 0.29) is 21.2 Å². The van der Waals surface area contributed by atoms with Crippen LogP contribution < -0.4 is 21.2 Å². The summed E-state index contributed by atoms with van der Waals surface area (Å²) in [5, 5.41) is 0. The van der Waals surface area contributed by atoms with E-state index in [4.69, 9.17) is 11.6 Å². The third kappa shape index (κ3) is 1.97. The molecule has 0 radical (unpaired) electrons. The molecule has 1 rings (SSSR count). The zero-order chi connectivity index (χ0) is 6.69. The Bertz CT molecular complexity index is 120. The van der Waals surface area contributed by atoms with Crippen LogP contribution in [0.5, 0.6) is 0 Å². The summed E-state index contributed by atoms with van der Waals surface area (Å²) >= 11 is 5.32. The second kappa shape index (κ2) is 3.61. The van der Waals surface area contributed by atoms with Crippen molar-refractivity contribution in [3.8, 4) is 0 Å². The van der Waals surface area contributed by atoms with Gasteiger partial charge in [-0.15, -0.1) is 0 Å². The van der Waals surface area contributed by atoms with Crippen LogP contribution in [0.4, 0.5) is 4.79 Å². The van der Waals surface area contributed by atoms with Crippen molar-refractivity contribution in [3.05, 3.63) is 0 Å². The second-order valence-corrected chi connectivity index (χ2v) is 4.89. The predicted octanol–water partition coefficient (Wildman–Crippen LogP) is -2.25. The van der Waals surface area contributed by atoms with Gasteiger partial charge < -0.3 is 0 Å². The summed E-state index contributed by atoms with van der Waals surface area (Å²) < 4.78 is 1.49. The molecule has 4 heteroatoms.